The van der Waals surface area contributed by atoms with Crippen molar-refractivity contribution >= 4 is 11.9 Å². The molecule has 0 radical (unpaired) electrons. The summed E-state index contributed by atoms with van der Waals surface area (Å²) in [6.45, 7) is 3.14. The van der Waals surface area contributed by atoms with E-state index in [0.29, 0.717) is 19.6 Å². The largest absolute Gasteiger partial charge is 0.480 e. The Morgan fingerprint density at radius 3 is 2.86 bits per heavy atom. The van der Waals surface area contributed by atoms with Crippen LogP contribution in [0.2, 0.25) is 0 Å². The van der Waals surface area contributed by atoms with Crippen molar-refractivity contribution in [1.82, 2.24) is 10.2 Å². The molecule has 0 aromatic carbocycles. The van der Waals surface area contributed by atoms with Crippen molar-refractivity contribution in [3.63, 3.8) is 0 Å². The van der Waals surface area contributed by atoms with Crippen LogP contribution in [0.3, 0.4) is 0 Å². The second kappa shape index (κ2) is 4.76. The van der Waals surface area contributed by atoms with E-state index in [0.717, 1.165) is 0 Å². The Balaban J connectivity index is 2.72. The van der Waals surface area contributed by atoms with Crippen LogP contribution < -0.4 is 5.32 Å². The van der Waals surface area contributed by atoms with Crippen LogP contribution in [-0.4, -0.2) is 47.6 Å². The maximum absolute atomic E-state index is 11.5. The van der Waals surface area contributed by atoms with E-state index in [-0.39, 0.29) is 5.91 Å². The lowest BCUT2D eigenvalue weighted by Gasteiger charge is -2.32. The Morgan fingerprint density at radius 1 is 1.57 bits per heavy atom. The molecule has 1 aliphatic heterocycles. The molecule has 78 valence electrons. The minimum Gasteiger partial charge on any atom is -0.480 e. The highest BCUT2D eigenvalue weighted by atomic mass is 16.4. The topological polar surface area (TPSA) is 69.6 Å². The predicted octanol–water partition coefficient (Wildman–Crippen LogP) is -0.552. The summed E-state index contributed by atoms with van der Waals surface area (Å²) in [5.41, 5.74) is 0. The Kier molecular flexibility index (Phi) is 3.64. The van der Waals surface area contributed by atoms with E-state index in [4.69, 9.17) is 5.11 Å². The quantitative estimate of drug-likeness (QED) is 0.584. The number of nitrogens with zero attached hydrogens (tertiary/aromatic N) is 1. The standard InChI is InChI=1S/C9H14N2O3/c1-2-3-8(12)11-5-4-10-6-7(11)9(13)14/h2-3,7,10H,4-6H2,1H3,(H,13,14). The number of aliphatic carboxylic acids is 1. The van der Waals surface area contributed by atoms with Gasteiger partial charge < -0.3 is 15.3 Å². The molecule has 1 rings (SSSR count). The van der Waals surface area contributed by atoms with Crippen molar-refractivity contribution in [3.8, 4) is 0 Å². The maximum Gasteiger partial charge on any atom is 0.327 e. The van der Waals surface area contributed by atoms with Crippen LogP contribution in [0.4, 0.5) is 0 Å². The van der Waals surface area contributed by atoms with Crippen LogP contribution in [0, 0.1) is 0 Å². The highest BCUT2D eigenvalue weighted by molar-refractivity contribution is 5.91. The van der Waals surface area contributed by atoms with E-state index < -0.39 is 12.0 Å². The molecule has 1 saturated heterocycles. The molecule has 0 bridgehead atoms. The minimum atomic E-state index is -0.963. The van der Waals surface area contributed by atoms with Gasteiger partial charge in [-0.1, -0.05) is 6.08 Å². The van der Waals surface area contributed by atoms with Crippen LogP contribution in [0.1, 0.15) is 6.92 Å². The molecule has 0 aromatic rings. The molecule has 1 atom stereocenters. The summed E-state index contributed by atoms with van der Waals surface area (Å²) in [7, 11) is 0. The fourth-order valence-electron chi connectivity index (χ4n) is 1.43. The molecule has 14 heavy (non-hydrogen) atoms. The summed E-state index contributed by atoms with van der Waals surface area (Å²) in [6, 6.07) is -0.743. The first kappa shape index (κ1) is 10.7. The van der Waals surface area contributed by atoms with Gasteiger partial charge in [0.1, 0.15) is 6.04 Å². The third-order valence-electron chi connectivity index (χ3n) is 2.12. The molecule has 1 unspecified atom stereocenters. The van der Waals surface area contributed by atoms with E-state index in [1.165, 1.54) is 11.0 Å². The zero-order chi connectivity index (χ0) is 10.6. The Morgan fingerprint density at radius 2 is 2.29 bits per heavy atom. The summed E-state index contributed by atoms with van der Waals surface area (Å²) in [4.78, 5) is 23.7. The fourth-order valence-corrected chi connectivity index (χ4v) is 1.43. The Labute approximate surface area is 82.4 Å². The molecule has 1 fully saturated rings. The SMILES string of the molecule is CC=CC(=O)N1CCNCC1C(=O)O. The smallest absolute Gasteiger partial charge is 0.327 e. The number of hydrogen-bond donors (Lipinski definition) is 2. The van der Waals surface area contributed by atoms with Crippen LogP contribution in [0.25, 0.3) is 0 Å². The van der Waals surface area contributed by atoms with Crippen molar-refractivity contribution in [2.45, 2.75) is 13.0 Å². The van der Waals surface area contributed by atoms with Gasteiger partial charge in [0.05, 0.1) is 0 Å². The maximum atomic E-state index is 11.5. The zero-order valence-corrected chi connectivity index (χ0v) is 8.06. The number of carboxylic acids is 1. The van der Waals surface area contributed by atoms with E-state index in [1.54, 1.807) is 13.0 Å². The number of carboxylic acid groups (broad SMARTS) is 1. The first-order valence-electron chi connectivity index (χ1n) is 4.53. The van der Waals surface area contributed by atoms with Gasteiger partial charge in [-0.15, -0.1) is 0 Å². The lowest BCUT2D eigenvalue weighted by Crippen LogP contribution is -2.56. The second-order valence-corrected chi connectivity index (χ2v) is 3.09. The molecule has 2 N–H and O–H groups in total. The van der Waals surface area contributed by atoms with Crippen LogP contribution >= 0.6 is 0 Å². The molecule has 1 amide bonds. The molecule has 5 heteroatoms. The first-order valence-corrected chi connectivity index (χ1v) is 4.53. The highest BCUT2D eigenvalue weighted by Crippen LogP contribution is 2.04. The molecule has 1 aliphatic rings. The molecule has 0 aromatic heterocycles. The van der Waals surface area contributed by atoms with Gasteiger partial charge in [0.25, 0.3) is 0 Å². The van der Waals surface area contributed by atoms with Gasteiger partial charge in [0.2, 0.25) is 5.91 Å². The highest BCUT2D eigenvalue weighted by Gasteiger charge is 2.30. The molecule has 0 aliphatic carbocycles. The number of carbonyl (C=O) groups is 2. The van der Waals surface area contributed by atoms with Crippen molar-refractivity contribution < 1.29 is 14.7 Å². The third kappa shape index (κ3) is 2.32. The lowest BCUT2D eigenvalue weighted by atomic mass is 10.2. The predicted molar refractivity (Wildman–Crippen MR) is 50.8 cm³/mol. The summed E-state index contributed by atoms with van der Waals surface area (Å²) in [5, 5.41) is 11.8. The van der Waals surface area contributed by atoms with Crippen LogP contribution in [-0.2, 0) is 9.59 Å². The second-order valence-electron chi connectivity index (χ2n) is 3.09. The van der Waals surface area contributed by atoms with E-state index in [9.17, 15) is 9.59 Å². The Hall–Kier alpha value is -1.36. The average Bonchev–Trinajstić information content (AvgIpc) is 2.18. The number of piperazine rings is 1. The van der Waals surface area contributed by atoms with E-state index in [2.05, 4.69) is 5.32 Å². The van der Waals surface area contributed by atoms with Gasteiger partial charge in [-0.05, 0) is 13.0 Å². The summed E-state index contributed by atoms with van der Waals surface area (Å²) >= 11 is 0. The molecule has 5 nitrogen and oxygen atoms in total. The number of allylic oxidation sites excluding steroid dienone is 1. The molecule has 0 saturated carbocycles. The molecule has 1 heterocycles. The minimum absolute atomic E-state index is 0.235. The lowest BCUT2D eigenvalue weighted by molar-refractivity contribution is -0.149. The number of rotatable bonds is 2. The average molecular weight is 198 g/mol. The third-order valence-corrected chi connectivity index (χ3v) is 2.12. The fraction of sp³-hybridized carbons (Fsp3) is 0.556. The number of amides is 1. The van der Waals surface area contributed by atoms with Crippen LogP contribution in [0.5, 0.6) is 0 Å². The number of nitrogens with one attached hydrogen (secondary N) is 1. The van der Waals surface area contributed by atoms with Gasteiger partial charge >= 0.3 is 5.97 Å². The van der Waals surface area contributed by atoms with E-state index in [1.807, 2.05) is 0 Å². The summed E-state index contributed by atoms with van der Waals surface area (Å²) in [5.74, 6) is -1.20. The van der Waals surface area contributed by atoms with E-state index >= 15 is 0 Å². The number of hydrogen-bond acceptors (Lipinski definition) is 3. The zero-order valence-electron chi connectivity index (χ0n) is 8.06. The molecular formula is C9H14N2O3. The molecular weight excluding hydrogens is 184 g/mol. The van der Waals surface area contributed by atoms with Gasteiger partial charge in [-0.25, -0.2) is 4.79 Å². The monoisotopic (exact) mass is 198 g/mol. The van der Waals surface area contributed by atoms with Crippen molar-refractivity contribution in [2.24, 2.45) is 0 Å². The summed E-state index contributed by atoms with van der Waals surface area (Å²) in [6.07, 6.45) is 3.00. The van der Waals surface area contributed by atoms with Crippen molar-refractivity contribution in [3.05, 3.63) is 12.2 Å². The first-order chi connectivity index (χ1) is 6.66. The van der Waals surface area contributed by atoms with Crippen molar-refractivity contribution in [2.75, 3.05) is 19.6 Å². The van der Waals surface area contributed by atoms with Crippen molar-refractivity contribution in [1.29, 1.82) is 0 Å². The normalized spacial score (nSPS) is 22.6. The Bertz CT molecular complexity index is 263. The summed E-state index contributed by atoms with van der Waals surface area (Å²) < 4.78 is 0. The van der Waals surface area contributed by atoms with Gasteiger partial charge in [0.15, 0.2) is 0 Å². The molecule has 0 spiro atoms. The van der Waals surface area contributed by atoms with Gasteiger partial charge in [-0.2, -0.15) is 0 Å². The van der Waals surface area contributed by atoms with Crippen LogP contribution in [0.15, 0.2) is 12.2 Å². The number of carbonyl (C=O) groups excluding carboxylic acids is 1. The van der Waals surface area contributed by atoms with Gasteiger partial charge in [0, 0.05) is 19.6 Å². The van der Waals surface area contributed by atoms with Gasteiger partial charge in [-0.3, -0.25) is 4.79 Å².